The van der Waals surface area contributed by atoms with Crippen LogP contribution in [0, 0.1) is 0 Å². The van der Waals surface area contributed by atoms with E-state index in [1.165, 1.54) is 12.6 Å². The van der Waals surface area contributed by atoms with Gasteiger partial charge in [-0.15, -0.1) is 0 Å². The number of carbonyl (C=O) groups is 2. The van der Waals surface area contributed by atoms with E-state index in [1.807, 2.05) is 48.5 Å². The van der Waals surface area contributed by atoms with Crippen molar-refractivity contribution in [3.05, 3.63) is 71.9 Å². The highest BCUT2D eigenvalue weighted by Gasteiger charge is 2.24. The maximum atomic E-state index is 12.9. The van der Waals surface area contributed by atoms with Crippen molar-refractivity contribution in [2.24, 2.45) is 0 Å². The number of hydrogen-bond acceptors (Lipinski definition) is 3. The first-order chi connectivity index (χ1) is 12.6. The Bertz CT molecular complexity index is 779. The lowest BCUT2D eigenvalue weighted by molar-refractivity contribution is -0.129. The van der Waals surface area contributed by atoms with Gasteiger partial charge >= 0.3 is 0 Å². The van der Waals surface area contributed by atoms with E-state index in [0.717, 1.165) is 18.7 Å². The number of para-hydroxylation sites is 1. The molecule has 0 radical (unpaired) electrons. The molecule has 1 saturated heterocycles. The minimum Gasteiger partial charge on any atom is -0.368 e. The molecule has 5 heteroatoms. The lowest BCUT2D eigenvalue weighted by Gasteiger charge is -2.36. The summed E-state index contributed by atoms with van der Waals surface area (Å²) in [5.74, 6) is -0.389. The maximum Gasteiger partial charge on any atom is 0.270 e. The molecule has 0 saturated carbocycles. The minimum absolute atomic E-state index is 0.142. The van der Waals surface area contributed by atoms with Crippen molar-refractivity contribution >= 4 is 23.6 Å². The summed E-state index contributed by atoms with van der Waals surface area (Å²) < 4.78 is 0. The number of nitrogens with one attached hydrogen (secondary N) is 1. The van der Waals surface area contributed by atoms with Crippen molar-refractivity contribution < 1.29 is 9.59 Å². The van der Waals surface area contributed by atoms with E-state index in [-0.39, 0.29) is 11.8 Å². The molecule has 0 bridgehead atoms. The van der Waals surface area contributed by atoms with Gasteiger partial charge < -0.3 is 15.1 Å². The number of amides is 2. The number of carbonyl (C=O) groups excluding carboxylic acids is 2. The molecule has 0 aromatic heterocycles. The van der Waals surface area contributed by atoms with E-state index in [1.54, 1.807) is 11.0 Å². The molecule has 5 nitrogen and oxygen atoms in total. The second-order valence-corrected chi connectivity index (χ2v) is 6.26. The SMILES string of the molecule is CC(=O)N/C(=C\c1ccccc1)C(=O)N1CCN(c2ccccc2)CC1. The molecular formula is C21H23N3O2. The number of benzene rings is 2. The van der Waals surface area contributed by atoms with Crippen LogP contribution in [0.25, 0.3) is 6.08 Å². The molecule has 0 atom stereocenters. The molecule has 0 spiro atoms. The number of piperazine rings is 1. The first-order valence-electron chi connectivity index (χ1n) is 8.77. The molecule has 1 N–H and O–H groups in total. The highest BCUT2D eigenvalue weighted by atomic mass is 16.2. The molecular weight excluding hydrogens is 326 g/mol. The molecule has 1 aliphatic rings. The summed E-state index contributed by atoms with van der Waals surface area (Å²) in [6.07, 6.45) is 1.73. The fourth-order valence-corrected chi connectivity index (χ4v) is 3.03. The third kappa shape index (κ3) is 4.51. The smallest absolute Gasteiger partial charge is 0.270 e. The highest BCUT2D eigenvalue weighted by molar-refractivity contribution is 6.01. The zero-order valence-corrected chi connectivity index (χ0v) is 14.9. The van der Waals surface area contributed by atoms with Crippen LogP contribution in [0.3, 0.4) is 0 Å². The summed E-state index contributed by atoms with van der Waals surface area (Å²) in [6, 6.07) is 19.7. The largest absolute Gasteiger partial charge is 0.368 e. The number of nitrogens with zero attached hydrogens (tertiary/aromatic N) is 2. The Balaban J connectivity index is 1.70. The van der Waals surface area contributed by atoms with Crippen molar-refractivity contribution in [1.82, 2.24) is 10.2 Å². The lowest BCUT2D eigenvalue weighted by atomic mass is 10.1. The van der Waals surface area contributed by atoms with Crippen molar-refractivity contribution in [3.8, 4) is 0 Å². The van der Waals surface area contributed by atoms with Crippen LogP contribution in [0.1, 0.15) is 12.5 Å². The summed E-state index contributed by atoms with van der Waals surface area (Å²) in [5, 5.41) is 2.69. The van der Waals surface area contributed by atoms with Crippen LogP contribution in [0.15, 0.2) is 66.4 Å². The van der Waals surface area contributed by atoms with Crippen LogP contribution in [0.4, 0.5) is 5.69 Å². The number of hydrogen-bond donors (Lipinski definition) is 1. The molecule has 1 aliphatic heterocycles. The van der Waals surface area contributed by atoms with Gasteiger partial charge in [0.25, 0.3) is 5.91 Å². The zero-order valence-electron chi connectivity index (χ0n) is 14.9. The standard InChI is InChI=1S/C21H23N3O2/c1-17(25)22-20(16-18-8-4-2-5-9-18)21(26)24-14-12-23(13-15-24)19-10-6-3-7-11-19/h2-11,16H,12-15H2,1H3,(H,22,25)/b20-16-. The second kappa shape index (κ2) is 8.34. The Morgan fingerprint density at radius 2 is 1.46 bits per heavy atom. The van der Waals surface area contributed by atoms with Gasteiger partial charge in [0.2, 0.25) is 5.91 Å². The second-order valence-electron chi connectivity index (χ2n) is 6.26. The molecule has 2 aromatic rings. The molecule has 0 aliphatic carbocycles. The van der Waals surface area contributed by atoms with Gasteiger partial charge in [-0.3, -0.25) is 9.59 Å². The average Bonchev–Trinajstić information content (AvgIpc) is 2.68. The average molecular weight is 349 g/mol. The van der Waals surface area contributed by atoms with Gasteiger partial charge in [-0.2, -0.15) is 0 Å². The first-order valence-corrected chi connectivity index (χ1v) is 8.77. The van der Waals surface area contributed by atoms with Crippen LogP contribution >= 0.6 is 0 Å². The van der Waals surface area contributed by atoms with E-state index < -0.39 is 0 Å². The summed E-state index contributed by atoms with van der Waals surface area (Å²) in [4.78, 5) is 28.5. The summed E-state index contributed by atoms with van der Waals surface area (Å²) in [5.41, 5.74) is 2.37. The Morgan fingerprint density at radius 3 is 2.04 bits per heavy atom. The molecule has 26 heavy (non-hydrogen) atoms. The predicted molar refractivity (Wildman–Crippen MR) is 103 cm³/mol. The molecule has 1 fully saturated rings. The van der Waals surface area contributed by atoms with Crippen LogP contribution in [-0.4, -0.2) is 42.9 Å². The Hall–Kier alpha value is -3.08. The quantitative estimate of drug-likeness (QED) is 0.863. The molecule has 3 rings (SSSR count). The summed E-state index contributed by atoms with van der Waals surface area (Å²) in [7, 11) is 0. The van der Waals surface area contributed by atoms with E-state index in [2.05, 4.69) is 22.3 Å². The topological polar surface area (TPSA) is 52.7 Å². The van der Waals surface area contributed by atoms with E-state index >= 15 is 0 Å². The zero-order chi connectivity index (χ0) is 18.4. The van der Waals surface area contributed by atoms with Gasteiger partial charge in [0.1, 0.15) is 5.70 Å². The van der Waals surface area contributed by atoms with Crippen LogP contribution in [0.5, 0.6) is 0 Å². The molecule has 2 aromatic carbocycles. The highest BCUT2D eigenvalue weighted by Crippen LogP contribution is 2.17. The number of rotatable bonds is 4. The van der Waals surface area contributed by atoms with Gasteiger partial charge in [-0.05, 0) is 23.8 Å². The minimum atomic E-state index is -0.247. The third-order valence-corrected chi connectivity index (χ3v) is 4.34. The van der Waals surface area contributed by atoms with Crippen LogP contribution in [0.2, 0.25) is 0 Å². The van der Waals surface area contributed by atoms with Crippen LogP contribution in [-0.2, 0) is 9.59 Å². The van der Waals surface area contributed by atoms with E-state index in [0.29, 0.717) is 18.8 Å². The fraction of sp³-hybridized carbons (Fsp3) is 0.238. The first kappa shape index (κ1) is 17.7. The summed E-state index contributed by atoms with van der Waals surface area (Å²) in [6.45, 7) is 4.21. The predicted octanol–water partition coefficient (Wildman–Crippen LogP) is 2.51. The van der Waals surface area contributed by atoms with Gasteiger partial charge in [0, 0.05) is 38.8 Å². The normalized spacial score (nSPS) is 14.9. The van der Waals surface area contributed by atoms with Crippen molar-refractivity contribution in [1.29, 1.82) is 0 Å². The number of anilines is 1. The van der Waals surface area contributed by atoms with Crippen LogP contribution < -0.4 is 10.2 Å². The molecule has 2 amide bonds. The third-order valence-electron chi connectivity index (χ3n) is 4.34. The van der Waals surface area contributed by atoms with Crippen molar-refractivity contribution in [3.63, 3.8) is 0 Å². The fourth-order valence-electron chi connectivity index (χ4n) is 3.03. The summed E-state index contributed by atoms with van der Waals surface area (Å²) >= 11 is 0. The van der Waals surface area contributed by atoms with Gasteiger partial charge in [-0.25, -0.2) is 0 Å². The molecule has 1 heterocycles. The Kier molecular flexibility index (Phi) is 5.69. The maximum absolute atomic E-state index is 12.9. The van der Waals surface area contributed by atoms with Crippen molar-refractivity contribution in [2.75, 3.05) is 31.1 Å². The Labute approximate surface area is 153 Å². The van der Waals surface area contributed by atoms with E-state index in [9.17, 15) is 9.59 Å². The van der Waals surface area contributed by atoms with Gasteiger partial charge in [0.05, 0.1) is 0 Å². The molecule has 134 valence electrons. The van der Waals surface area contributed by atoms with E-state index in [4.69, 9.17) is 0 Å². The Morgan fingerprint density at radius 1 is 0.885 bits per heavy atom. The molecule has 0 unspecified atom stereocenters. The van der Waals surface area contributed by atoms with Gasteiger partial charge in [0.15, 0.2) is 0 Å². The van der Waals surface area contributed by atoms with Gasteiger partial charge in [-0.1, -0.05) is 48.5 Å². The van der Waals surface area contributed by atoms with Crippen molar-refractivity contribution in [2.45, 2.75) is 6.92 Å². The monoisotopic (exact) mass is 349 g/mol. The lowest BCUT2D eigenvalue weighted by Crippen LogP contribution is -2.50.